The number of carbonyl (C=O) groups excluding carboxylic acids is 1. The number of aryl methyl sites for hydroxylation is 2. The van der Waals surface area contributed by atoms with E-state index in [1.54, 1.807) is 18.4 Å². The fraction of sp³-hybridized carbons (Fsp3) is 0.412. The van der Waals surface area contributed by atoms with Crippen LogP contribution in [0.5, 0.6) is 5.75 Å². The van der Waals surface area contributed by atoms with Crippen LogP contribution in [-0.4, -0.2) is 24.0 Å². The third-order valence-corrected chi connectivity index (χ3v) is 4.55. The molecule has 1 aromatic heterocycles. The van der Waals surface area contributed by atoms with Gasteiger partial charge in [0.1, 0.15) is 5.75 Å². The molecule has 1 unspecified atom stereocenters. The molecule has 1 heterocycles. The molecule has 0 bridgehead atoms. The molecule has 0 saturated heterocycles. The van der Waals surface area contributed by atoms with Gasteiger partial charge in [-0.05, 0) is 45.0 Å². The van der Waals surface area contributed by atoms with Crippen molar-refractivity contribution >= 4 is 22.9 Å². The molecular formula is C17H23N3O2S. The Morgan fingerprint density at radius 3 is 2.57 bits per heavy atom. The second kappa shape index (κ2) is 8.08. The Morgan fingerprint density at radius 2 is 2.00 bits per heavy atom. The van der Waals surface area contributed by atoms with Gasteiger partial charge in [0.05, 0.1) is 17.8 Å². The van der Waals surface area contributed by atoms with E-state index in [0.717, 1.165) is 28.7 Å². The Kier molecular flexibility index (Phi) is 6.12. The highest BCUT2D eigenvalue weighted by atomic mass is 32.1. The molecule has 0 spiro atoms. The van der Waals surface area contributed by atoms with Gasteiger partial charge in [-0.25, -0.2) is 4.98 Å². The summed E-state index contributed by atoms with van der Waals surface area (Å²) in [6.45, 7) is 6.78. The highest BCUT2D eigenvalue weighted by molar-refractivity contribution is 7.11. The summed E-state index contributed by atoms with van der Waals surface area (Å²) < 4.78 is 5.10. The van der Waals surface area contributed by atoms with E-state index >= 15 is 0 Å². The van der Waals surface area contributed by atoms with Gasteiger partial charge >= 0.3 is 0 Å². The zero-order chi connectivity index (χ0) is 16.8. The van der Waals surface area contributed by atoms with E-state index in [0.29, 0.717) is 6.42 Å². The molecule has 1 atom stereocenters. The van der Waals surface area contributed by atoms with Crippen molar-refractivity contribution in [3.05, 3.63) is 39.8 Å². The zero-order valence-electron chi connectivity index (χ0n) is 14.0. The van der Waals surface area contributed by atoms with E-state index in [9.17, 15) is 4.79 Å². The third kappa shape index (κ3) is 5.33. The van der Waals surface area contributed by atoms with Crippen LogP contribution < -0.4 is 15.4 Å². The molecule has 0 saturated carbocycles. The Morgan fingerprint density at radius 1 is 1.30 bits per heavy atom. The molecule has 5 nitrogen and oxygen atoms in total. The van der Waals surface area contributed by atoms with E-state index in [-0.39, 0.29) is 11.9 Å². The van der Waals surface area contributed by atoms with Crippen molar-refractivity contribution in [1.82, 2.24) is 10.3 Å². The molecule has 0 radical (unpaired) electrons. The normalized spacial score (nSPS) is 12.0. The van der Waals surface area contributed by atoms with Crippen LogP contribution in [0.15, 0.2) is 24.3 Å². The van der Waals surface area contributed by atoms with Crippen LogP contribution in [0, 0.1) is 13.8 Å². The van der Waals surface area contributed by atoms with E-state index in [4.69, 9.17) is 4.74 Å². The molecule has 0 aliphatic carbocycles. The predicted molar refractivity (Wildman–Crippen MR) is 94.1 cm³/mol. The summed E-state index contributed by atoms with van der Waals surface area (Å²) in [6, 6.07) is 7.41. The number of ether oxygens (including phenoxy) is 1. The first-order valence-electron chi connectivity index (χ1n) is 7.58. The summed E-state index contributed by atoms with van der Waals surface area (Å²) in [4.78, 5) is 17.7. The second-order valence-corrected chi connectivity index (χ2v) is 6.79. The summed E-state index contributed by atoms with van der Waals surface area (Å²) in [5, 5.41) is 7.34. The highest BCUT2D eigenvalue weighted by Gasteiger charge is 2.11. The average Bonchev–Trinajstić information content (AvgIpc) is 2.83. The lowest BCUT2D eigenvalue weighted by atomic mass is 10.2. The molecule has 2 rings (SSSR count). The first-order chi connectivity index (χ1) is 11.0. The van der Waals surface area contributed by atoms with Crippen molar-refractivity contribution < 1.29 is 9.53 Å². The van der Waals surface area contributed by atoms with Gasteiger partial charge in [0.15, 0.2) is 0 Å². The zero-order valence-corrected chi connectivity index (χ0v) is 14.8. The Labute approximate surface area is 141 Å². The van der Waals surface area contributed by atoms with E-state index in [2.05, 4.69) is 15.6 Å². The smallest absolute Gasteiger partial charge is 0.225 e. The summed E-state index contributed by atoms with van der Waals surface area (Å²) in [7, 11) is 1.62. The summed E-state index contributed by atoms with van der Waals surface area (Å²) >= 11 is 1.70. The first-order valence-corrected chi connectivity index (χ1v) is 8.39. The minimum Gasteiger partial charge on any atom is -0.497 e. The molecule has 2 N–H and O–H groups in total. The second-order valence-electron chi connectivity index (χ2n) is 5.50. The summed E-state index contributed by atoms with van der Waals surface area (Å²) in [5.74, 6) is 0.764. The van der Waals surface area contributed by atoms with E-state index in [1.807, 2.05) is 45.0 Å². The topological polar surface area (TPSA) is 63.2 Å². The number of thiazole rings is 1. The van der Waals surface area contributed by atoms with Crippen LogP contribution in [0.2, 0.25) is 0 Å². The molecule has 2 aromatic rings. The molecule has 0 fully saturated rings. The van der Waals surface area contributed by atoms with Gasteiger partial charge in [-0.15, -0.1) is 11.3 Å². The van der Waals surface area contributed by atoms with Crippen molar-refractivity contribution in [2.75, 3.05) is 12.4 Å². The number of benzene rings is 1. The maximum atomic E-state index is 12.1. The maximum absolute atomic E-state index is 12.1. The molecule has 0 aliphatic rings. The quantitative estimate of drug-likeness (QED) is 0.816. The SMILES string of the molecule is COc1ccc(NC(=O)CC(C)NCc2sc(C)nc2C)cc1. The van der Waals surface area contributed by atoms with Gasteiger partial charge in [-0.2, -0.15) is 0 Å². The predicted octanol–water partition coefficient (Wildman–Crippen LogP) is 3.28. The maximum Gasteiger partial charge on any atom is 0.225 e. The van der Waals surface area contributed by atoms with Gasteiger partial charge < -0.3 is 15.4 Å². The molecule has 1 amide bonds. The number of carbonyl (C=O) groups is 1. The van der Waals surface area contributed by atoms with Gasteiger partial charge in [0.25, 0.3) is 0 Å². The molecule has 6 heteroatoms. The minimum atomic E-state index is -0.00706. The van der Waals surface area contributed by atoms with Crippen LogP contribution in [0.3, 0.4) is 0 Å². The Hall–Kier alpha value is -1.92. The summed E-state index contributed by atoms with van der Waals surface area (Å²) in [5.41, 5.74) is 1.84. The van der Waals surface area contributed by atoms with Crippen LogP contribution in [-0.2, 0) is 11.3 Å². The Bertz CT molecular complexity index is 652. The third-order valence-electron chi connectivity index (χ3n) is 3.48. The number of amides is 1. The average molecular weight is 333 g/mol. The number of methoxy groups -OCH3 is 1. The molecule has 23 heavy (non-hydrogen) atoms. The number of aromatic nitrogens is 1. The number of nitrogens with one attached hydrogen (secondary N) is 2. The van der Waals surface area contributed by atoms with Crippen LogP contribution >= 0.6 is 11.3 Å². The van der Waals surface area contributed by atoms with E-state index < -0.39 is 0 Å². The van der Waals surface area contributed by atoms with Crippen LogP contribution in [0.1, 0.15) is 28.9 Å². The lowest BCUT2D eigenvalue weighted by molar-refractivity contribution is -0.116. The lowest BCUT2D eigenvalue weighted by Gasteiger charge is -2.13. The van der Waals surface area contributed by atoms with Gasteiger partial charge in [0.2, 0.25) is 5.91 Å². The fourth-order valence-corrected chi connectivity index (χ4v) is 3.13. The van der Waals surface area contributed by atoms with Crippen LogP contribution in [0.25, 0.3) is 0 Å². The number of hydrogen-bond acceptors (Lipinski definition) is 5. The van der Waals surface area contributed by atoms with E-state index in [1.165, 1.54) is 4.88 Å². The molecular weight excluding hydrogens is 310 g/mol. The van der Waals surface area contributed by atoms with Gasteiger partial charge in [-0.1, -0.05) is 0 Å². The van der Waals surface area contributed by atoms with Gasteiger partial charge in [0, 0.05) is 29.6 Å². The summed E-state index contributed by atoms with van der Waals surface area (Å²) in [6.07, 6.45) is 0.420. The van der Waals surface area contributed by atoms with Crippen molar-refractivity contribution in [3.8, 4) is 5.75 Å². The number of hydrogen-bond donors (Lipinski definition) is 2. The van der Waals surface area contributed by atoms with Crippen molar-refractivity contribution in [1.29, 1.82) is 0 Å². The molecule has 0 aliphatic heterocycles. The van der Waals surface area contributed by atoms with Gasteiger partial charge in [-0.3, -0.25) is 4.79 Å². The molecule has 124 valence electrons. The number of anilines is 1. The van der Waals surface area contributed by atoms with Crippen molar-refractivity contribution in [2.45, 2.75) is 39.8 Å². The largest absolute Gasteiger partial charge is 0.497 e. The Balaban J connectivity index is 1.78. The first kappa shape index (κ1) is 17.4. The molecule has 1 aromatic carbocycles. The van der Waals surface area contributed by atoms with Crippen LogP contribution in [0.4, 0.5) is 5.69 Å². The number of nitrogens with zero attached hydrogens (tertiary/aromatic N) is 1. The fourth-order valence-electron chi connectivity index (χ4n) is 2.24. The van der Waals surface area contributed by atoms with Crippen molar-refractivity contribution in [2.24, 2.45) is 0 Å². The highest BCUT2D eigenvalue weighted by Crippen LogP contribution is 2.17. The van der Waals surface area contributed by atoms with Crippen molar-refractivity contribution in [3.63, 3.8) is 0 Å². The standard InChI is InChI=1S/C17H23N3O2S/c1-11(18-10-16-12(2)19-13(3)23-16)9-17(21)20-14-5-7-15(22-4)8-6-14/h5-8,11,18H,9-10H2,1-4H3,(H,20,21). The monoisotopic (exact) mass is 333 g/mol. The minimum absolute atomic E-state index is 0.00706. The number of rotatable bonds is 7. The lowest BCUT2D eigenvalue weighted by Crippen LogP contribution is -2.30.